The normalized spacial score (nSPS) is 10.4. The molecule has 5 heteroatoms. The molecule has 2 aromatic rings. The molecule has 5 nitrogen and oxygen atoms in total. The molecule has 0 atom stereocenters. The van der Waals surface area contributed by atoms with Crippen molar-refractivity contribution >= 4 is 11.3 Å². The number of nitrogen functional groups attached to an aromatic ring is 1. The molecule has 0 aliphatic heterocycles. The molecule has 2 heterocycles. The van der Waals surface area contributed by atoms with Crippen LogP contribution in [0, 0.1) is 0 Å². The Morgan fingerprint density at radius 1 is 1.50 bits per heavy atom. The summed E-state index contributed by atoms with van der Waals surface area (Å²) in [5.74, 6) is 0.423. The number of aromatic nitrogens is 2. The van der Waals surface area contributed by atoms with Crippen molar-refractivity contribution in [3.63, 3.8) is 0 Å². The summed E-state index contributed by atoms with van der Waals surface area (Å²) in [7, 11) is 1.49. The van der Waals surface area contributed by atoms with Gasteiger partial charge in [-0.15, -0.1) is 0 Å². The van der Waals surface area contributed by atoms with Crippen LogP contribution in [0.3, 0.4) is 0 Å². The Labute approximate surface area is 79.8 Å². The fourth-order valence-corrected chi connectivity index (χ4v) is 1.26. The van der Waals surface area contributed by atoms with Gasteiger partial charge in [-0.05, 0) is 12.1 Å². The Morgan fingerprint density at radius 2 is 2.29 bits per heavy atom. The fourth-order valence-electron chi connectivity index (χ4n) is 1.26. The number of rotatable bonds is 1. The van der Waals surface area contributed by atoms with E-state index < -0.39 is 0 Å². The highest BCUT2D eigenvalue weighted by atomic mass is 16.5. The number of anilines is 1. The lowest BCUT2D eigenvalue weighted by molar-refractivity contribution is 0.390. The summed E-state index contributed by atoms with van der Waals surface area (Å²) in [6, 6.07) is 5.15. The van der Waals surface area contributed by atoms with Crippen LogP contribution in [0.4, 0.5) is 5.69 Å². The molecule has 0 saturated carbocycles. The number of hydrogen-bond acceptors (Lipinski definition) is 4. The van der Waals surface area contributed by atoms with E-state index in [1.807, 2.05) is 0 Å². The van der Waals surface area contributed by atoms with E-state index in [1.54, 1.807) is 18.2 Å². The minimum absolute atomic E-state index is 0.104. The van der Waals surface area contributed by atoms with Crippen molar-refractivity contribution in [2.24, 2.45) is 0 Å². The zero-order valence-electron chi connectivity index (χ0n) is 7.60. The predicted octanol–water partition coefficient (Wildman–Crippen LogP) is 0.285. The number of fused-ring (bicyclic) bond motifs is 1. The van der Waals surface area contributed by atoms with E-state index >= 15 is 0 Å². The summed E-state index contributed by atoms with van der Waals surface area (Å²) in [6.45, 7) is 0. The molecule has 0 spiro atoms. The van der Waals surface area contributed by atoms with Gasteiger partial charge < -0.3 is 10.5 Å². The standard InChI is InChI=1S/C9H9N3O2/c1-14-8-4-2-3-7-11-5-6(10)9(13)12(7)8/h2-5H,10H2,1H3. The van der Waals surface area contributed by atoms with Crippen LogP contribution < -0.4 is 16.0 Å². The summed E-state index contributed by atoms with van der Waals surface area (Å²) < 4.78 is 6.36. The Bertz CT molecular complexity index is 533. The highest BCUT2D eigenvalue weighted by Crippen LogP contribution is 2.10. The Balaban J connectivity index is 2.97. The van der Waals surface area contributed by atoms with Gasteiger partial charge in [-0.1, -0.05) is 6.07 Å². The topological polar surface area (TPSA) is 69.6 Å². The van der Waals surface area contributed by atoms with Crippen molar-refractivity contribution in [2.45, 2.75) is 0 Å². The van der Waals surface area contributed by atoms with Gasteiger partial charge in [0, 0.05) is 0 Å². The zero-order valence-corrected chi connectivity index (χ0v) is 7.60. The van der Waals surface area contributed by atoms with E-state index in [9.17, 15) is 4.79 Å². The molecule has 0 radical (unpaired) electrons. The Kier molecular flexibility index (Phi) is 1.85. The smallest absolute Gasteiger partial charge is 0.283 e. The lowest BCUT2D eigenvalue weighted by atomic mass is 10.4. The second-order valence-electron chi connectivity index (χ2n) is 2.78. The maximum Gasteiger partial charge on any atom is 0.283 e. The van der Waals surface area contributed by atoms with Crippen LogP contribution in [0.1, 0.15) is 0 Å². The molecule has 72 valence electrons. The van der Waals surface area contributed by atoms with E-state index in [2.05, 4.69) is 4.98 Å². The third-order valence-corrected chi connectivity index (χ3v) is 1.93. The first-order valence-electron chi connectivity index (χ1n) is 4.04. The molecule has 2 N–H and O–H groups in total. The SMILES string of the molecule is COc1cccc2ncc(N)c(=O)n12. The summed E-state index contributed by atoms with van der Waals surface area (Å²) >= 11 is 0. The average molecular weight is 191 g/mol. The first kappa shape index (κ1) is 8.55. The van der Waals surface area contributed by atoms with Crippen LogP contribution in [-0.4, -0.2) is 16.5 Å². The van der Waals surface area contributed by atoms with Crippen molar-refractivity contribution in [2.75, 3.05) is 12.8 Å². The Hall–Kier alpha value is -2.04. The second kappa shape index (κ2) is 3.02. The molecule has 0 fully saturated rings. The lowest BCUT2D eigenvalue weighted by Gasteiger charge is -2.06. The quantitative estimate of drug-likeness (QED) is 0.703. The van der Waals surface area contributed by atoms with Gasteiger partial charge in [0.2, 0.25) is 5.88 Å². The molecular weight excluding hydrogens is 182 g/mol. The van der Waals surface area contributed by atoms with Gasteiger partial charge >= 0.3 is 0 Å². The number of hydrogen-bond donors (Lipinski definition) is 1. The molecule has 0 aliphatic rings. The number of nitrogens with two attached hydrogens (primary N) is 1. The molecular formula is C9H9N3O2. The van der Waals surface area contributed by atoms with Gasteiger partial charge in [-0.25, -0.2) is 9.38 Å². The largest absolute Gasteiger partial charge is 0.482 e. The van der Waals surface area contributed by atoms with Crippen molar-refractivity contribution in [1.82, 2.24) is 9.38 Å². The van der Waals surface area contributed by atoms with Gasteiger partial charge in [0.15, 0.2) is 0 Å². The predicted molar refractivity (Wildman–Crippen MR) is 52.4 cm³/mol. The minimum atomic E-state index is -0.313. The van der Waals surface area contributed by atoms with Crippen molar-refractivity contribution in [3.8, 4) is 5.88 Å². The first-order valence-corrected chi connectivity index (χ1v) is 4.04. The van der Waals surface area contributed by atoms with Crippen molar-refractivity contribution in [3.05, 3.63) is 34.7 Å². The molecule has 0 saturated heterocycles. The van der Waals surface area contributed by atoms with E-state index in [-0.39, 0.29) is 11.2 Å². The number of methoxy groups -OCH3 is 1. The number of ether oxygens (including phenoxy) is 1. The van der Waals surface area contributed by atoms with E-state index in [0.717, 1.165) is 0 Å². The fraction of sp³-hybridized carbons (Fsp3) is 0.111. The van der Waals surface area contributed by atoms with Gasteiger partial charge in [0.25, 0.3) is 5.56 Å². The van der Waals surface area contributed by atoms with Gasteiger partial charge in [0.05, 0.1) is 13.3 Å². The maximum absolute atomic E-state index is 11.6. The van der Waals surface area contributed by atoms with Gasteiger partial charge in [0.1, 0.15) is 11.3 Å². The molecule has 0 unspecified atom stereocenters. The van der Waals surface area contributed by atoms with Crippen LogP contribution in [0.5, 0.6) is 5.88 Å². The highest BCUT2D eigenvalue weighted by molar-refractivity contribution is 5.46. The summed E-state index contributed by atoms with van der Waals surface area (Å²) in [5, 5.41) is 0. The van der Waals surface area contributed by atoms with E-state index in [0.29, 0.717) is 11.5 Å². The summed E-state index contributed by atoms with van der Waals surface area (Å²) in [6.07, 6.45) is 1.34. The average Bonchev–Trinajstić information content (AvgIpc) is 2.23. The Morgan fingerprint density at radius 3 is 3.00 bits per heavy atom. The van der Waals surface area contributed by atoms with Crippen LogP contribution in [0.2, 0.25) is 0 Å². The van der Waals surface area contributed by atoms with Gasteiger partial charge in [-0.2, -0.15) is 0 Å². The van der Waals surface area contributed by atoms with Crippen LogP contribution in [0.25, 0.3) is 5.65 Å². The molecule has 2 rings (SSSR count). The lowest BCUT2D eigenvalue weighted by Crippen LogP contribution is -2.19. The molecule has 0 bridgehead atoms. The number of nitrogens with zero attached hydrogens (tertiary/aromatic N) is 2. The molecule has 0 aromatic carbocycles. The maximum atomic E-state index is 11.6. The second-order valence-corrected chi connectivity index (χ2v) is 2.78. The molecule has 2 aromatic heterocycles. The minimum Gasteiger partial charge on any atom is -0.482 e. The third-order valence-electron chi connectivity index (χ3n) is 1.93. The van der Waals surface area contributed by atoms with Crippen molar-refractivity contribution in [1.29, 1.82) is 0 Å². The molecule has 0 amide bonds. The van der Waals surface area contributed by atoms with Gasteiger partial charge in [-0.3, -0.25) is 4.79 Å². The highest BCUT2D eigenvalue weighted by Gasteiger charge is 2.05. The van der Waals surface area contributed by atoms with Crippen LogP contribution in [-0.2, 0) is 0 Å². The number of pyridine rings is 1. The first-order chi connectivity index (χ1) is 6.74. The zero-order chi connectivity index (χ0) is 10.1. The van der Waals surface area contributed by atoms with Crippen molar-refractivity contribution < 1.29 is 4.74 Å². The van der Waals surface area contributed by atoms with E-state index in [4.69, 9.17) is 10.5 Å². The summed E-state index contributed by atoms with van der Waals surface area (Å²) in [4.78, 5) is 15.6. The van der Waals surface area contributed by atoms with Crippen LogP contribution in [0.15, 0.2) is 29.2 Å². The third kappa shape index (κ3) is 1.10. The monoisotopic (exact) mass is 191 g/mol. The molecule has 14 heavy (non-hydrogen) atoms. The molecule has 0 aliphatic carbocycles. The van der Waals surface area contributed by atoms with Crippen LogP contribution >= 0.6 is 0 Å². The van der Waals surface area contributed by atoms with E-state index in [1.165, 1.54) is 17.7 Å². The summed E-state index contributed by atoms with van der Waals surface area (Å²) in [5.41, 5.74) is 5.77.